The first kappa shape index (κ1) is 27.0. The van der Waals surface area contributed by atoms with E-state index in [-0.39, 0.29) is 23.2 Å². The van der Waals surface area contributed by atoms with Gasteiger partial charge in [-0.15, -0.1) is 0 Å². The average Bonchev–Trinajstić information content (AvgIpc) is 3.34. The third-order valence-corrected chi connectivity index (χ3v) is 7.11. The number of rotatable bonds is 5. The molecule has 1 aliphatic heterocycles. The van der Waals surface area contributed by atoms with Crippen molar-refractivity contribution < 1.29 is 22.8 Å². The zero-order chi connectivity index (χ0) is 28.4. The normalized spacial score (nSPS) is 14.3. The molecule has 1 N–H and O–H groups in total. The van der Waals surface area contributed by atoms with Crippen molar-refractivity contribution in [3.8, 4) is 5.82 Å². The number of halogens is 3. The molecule has 0 bridgehead atoms. The van der Waals surface area contributed by atoms with Gasteiger partial charge in [0.2, 0.25) is 0 Å². The molecule has 3 aromatic heterocycles. The fourth-order valence-electron chi connectivity index (χ4n) is 4.94. The number of aromatic nitrogens is 4. The van der Waals surface area contributed by atoms with Crippen LogP contribution in [0.5, 0.6) is 0 Å². The molecule has 1 aliphatic rings. The maximum Gasteiger partial charge on any atom is 0.417 e. The molecule has 0 unspecified atom stereocenters. The van der Waals surface area contributed by atoms with E-state index in [1.54, 1.807) is 13.1 Å². The van der Waals surface area contributed by atoms with Gasteiger partial charge in [-0.25, -0.2) is 9.67 Å². The number of carbonyl (C=O) groups excluding carboxylic acids is 2. The van der Waals surface area contributed by atoms with Gasteiger partial charge < -0.3 is 10.2 Å². The number of amides is 2. The molecule has 0 saturated carbocycles. The van der Waals surface area contributed by atoms with Crippen LogP contribution in [0.2, 0.25) is 0 Å². The zero-order valence-corrected chi connectivity index (χ0v) is 21.9. The van der Waals surface area contributed by atoms with Crippen molar-refractivity contribution in [3.63, 3.8) is 0 Å². The van der Waals surface area contributed by atoms with Crippen LogP contribution in [0.1, 0.15) is 62.0 Å². The van der Waals surface area contributed by atoms with Crippen LogP contribution in [0.3, 0.4) is 0 Å². The van der Waals surface area contributed by atoms with Gasteiger partial charge in [0, 0.05) is 36.5 Å². The molecule has 2 amide bonds. The Hall–Kier alpha value is -4.54. The Bertz CT molecular complexity index is 1530. The number of alkyl halides is 3. The molecule has 4 heterocycles. The molecule has 40 heavy (non-hydrogen) atoms. The van der Waals surface area contributed by atoms with Gasteiger partial charge in [-0.2, -0.15) is 18.3 Å². The van der Waals surface area contributed by atoms with Gasteiger partial charge in [-0.3, -0.25) is 14.6 Å². The molecule has 206 valence electrons. The van der Waals surface area contributed by atoms with Crippen molar-refractivity contribution in [2.24, 2.45) is 0 Å². The molecule has 0 atom stereocenters. The van der Waals surface area contributed by atoms with E-state index in [0.29, 0.717) is 30.0 Å². The number of hydrogen-bond donors (Lipinski definition) is 1. The minimum atomic E-state index is -4.49. The summed E-state index contributed by atoms with van der Waals surface area (Å²) in [6, 6.07) is 13.2. The maximum atomic E-state index is 13.0. The van der Waals surface area contributed by atoms with E-state index in [1.807, 2.05) is 48.2 Å². The van der Waals surface area contributed by atoms with Gasteiger partial charge in [-0.1, -0.05) is 18.2 Å². The molecule has 8 nitrogen and oxygen atoms in total. The number of aryl methyl sites for hydroxylation is 1. The molecular weight excluding hydrogens is 521 g/mol. The average molecular weight is 549 g/mol. The highest BCUT2D eigenvalue weighted by atomic mass is 19.4. The number of pyridine rings is 2. The first-order chi connectivity index (χ1) is 19.1. The summed E-state index contributed by atoms with van der Waals surface area (Å²) in [6.07, 6.45) is 0.804. The minimum absolute atomic E-state index is 0.0366. The minimum Gasteiger partial charge on any atom is -0.339 e. The van der Waals surface area contributed by atoms with Crippen LogP contribution in [0, 0.1) is 13.8 Å². The summed E-state index contributed by atoms with van der Waals surface area (Å²) in [7, 11) is 0. The Balaban J connectivity index is 1.22. The van der Waals surface area contributed by atoms with Gasteiger partial charge in [0.1, 0.15) is 0 Å². The van der Waals surface area contributed by atoms with E-state index in [0.717, 1.165) is 36.4 Å². The molecule has 11 heteroatoms. The number of hydrogen-bond acceptors (Lipinski definition) is 5. The van der Waals surface area contributed by atoms with Gasteiger partial charge in [-0.05, 0) is 62.6 Å². The molecule has 1 aromatic carbocycles. The third kappa shape index (κ3) is 5.58. The molecule has 0 radical (unpaired) electrons. The highest BCUT2D eigenvalue weighted by Gasteiger charge is 2.31. The molecule has 1 fully saturated rings. The number of nitrogens with zero attached hydrogens (tertiary/aromatic N) is 5. The van der Waals surface area contributed by atoms with E-state index in [9.17, 15) is 22.8 Å². The van der Waals surface area contributed by atoms with Gasteiger partial charge >= 0.3 is 6.18 Å². The van der Waals surface area contributed by atoms with Gasteiger partial charge in [0.15, 0.2) is 5.82 Å². The smallest absolute Gasteiger partial charge is 0.339 e. The molecule has 5 rings (SSSR count). The van der Waals surface area contributed by atoms with Crippen molar-refractivity contribution in [1.29, 1.82) is 0 Å². The Morgan fingerprint density at radius 1 is 0.950 bits per heavy atom. The lowest BCUT2D eigenvalue weighted by Gasteiger charge is -2.32. The van der Waals surface area contributed by atoms with Crippen LogP contribution in [0.15, 0.2) is 67.1 Å². The van der Waals surface area contributed by atoms with Crippen LogP contribution in [0.25, 0.3) is 5.82 Å². The highest BCUT2D eigenvalue weighted by molar-refractivity contribution is 6.05. The fraction of sp³-hybridized carbons (Fsp3) is 0.276. The molecule has 1 saturated heterocycles. The maximum absolute atomic E-state index is 13.0. The number of carbonyl (C=O) groups is 2. The molecule has 0 aliphatic carbocycles. The first-order valence-corrected chi connectivity index (χ1v) is 12.8. The summed E-state index contributed by atoms with van der Waals surface area (Å²) in [4.78, 5) is 36.1. The topological polar surface area (TPSA) is 93.0 Å². The van der Waals surface area contributed by atoms with E-state index in [1.165, 1.54) is 16.9 Å². The Kier molecular flexibility index (Phi) is 7.38. The van der Waals surface area contributed by atoms with E-state index in [4.69, 9.17) is 0 Å². The Morgan fingerprint density at radius 3 is 2.30 bits per heavy atom. The second kappa shape index (κ2) is 10.9. The van der Waals surface area contributed by atoms with E-state index >= 15 is 0 Å². The van der Waals surface area contributed by atoms with Crippen molar-refractivity contribution >= 4 is 17.5 Å². The van der Waals surface area contributed by atoms with Gasteiger partial charge in [0.25, 0.3) is 11.8 Å². The lowest BCUT2D eigenvalue weighted by atomic mass is 9.90. The summed E-state index contributed by atoms with van der Waals surface area (Å²) < 4.78 is 39.9. The Labute approximate surface area is 228 Å². The number of anilines is 1. The lowest BCUT2D eigenvalue weighted by molar-refractivity contribution is -0.137. The quantitative estimate of drug-likeness (QED) is 0.352. The van der Waals surface area contributed by atoms with Crippen LogP contribution in [-0.4, -0.2) is 49.6 Å². The second-order valence-electron chi connectivity index (χ2n) is 9.77. The summed E-state index contributed by atoms with van der Waals surface area (Å²) in [5.74, 6) is -0.00364. The number of nitrogens with one attached hydrogen (secondary N) is 1. The summed E-state index contributed by atoms with van der Waals surface area (Å²) >= 11 is 0. The summed E-state index contributed by atoms with van der Waals surface area (Å²) in [5.41, 5.74) is 2.92. The van der Waals surface area contributed by atoms with Crippen LogP contribution >= 0.6 is 0 Å². The standard InChI is InChI=1S/C29H27F3N6O2/c1-18-14-23(16-34-26(18)20-10-12-37(13-11-20)28(40)21-6-4-3-5-7-21)36-27(39)24-17-35-38(19(24)2)25-9-8-22(15-33-25)29(30,31)32/h3-9,14-17,20H,10-13H2,1-2H3,(H,36,39). The third-order valence-electron chi connectivity index (χ3n) is 7.11. The summed E-state index contributed by atoms with van der Waals surface area (Å²) in [6.45, 7) is 4.88. The van der Waals surface area contributed by atoms with E-state index < -0.39 is 17.6 Å². The highest BCUT2D eigenvalue weighted by Crippen LogP contribution is 2.31. The van der Waals surface area contributed by atoms with Crippen LogP contribution in [0.4, 0.5) is 18.9 Å². The first-order valence-electron chi connectivity index (χ1n) is 12.8. The van der Waals surface area contributed by atoms with Crippen molar-refractivity contribution in [2.45, 2.75) is 38.8 Å². The number of piperidine rings is 1. The monoisotopic (exact) mass is 548 g/mol. The molecular formula is C29H27F3N6O2. The second-order valence-corrected chi connectivity index (χ2v) is 9.77. The zero-order valence-electron chi connectivity index (χ0n) is 21.9. The van der Waals surface area contributed by atoms with Crippen LogP contribution < -0.4 is 5.32 Å². The SMILES string of the molecule is Cc1cc(NC(=O)c2cnn(-c3ccc(C(F)(F)F)cn3)c2C)cnc1C1CCN(C(=O)c2ccccc2)CC1. The largest absolute Gasteiger partial charge is 0.417 e. The predicted octanol–water partition coefficient (Wildman–Crippen LogP) is 5.57. The van der Waals surface area contributed by atoms with Crippen molar-refractivity contribution in [1.82, 2.24) is 24.6 Å². The predicted molar refractivity (Wildman–Crippen MR) is 142 cm³/mol. The lowest BCUT2D eigenvalue weighted by Crippen LogP contribution is -2.38. The van der Waals surface area contributed by atoms with Crippen LogP contribution in [-0.2, 0) is 6.18 Å². The molecule has 0 spiro atoms. The number of likely N-dealkylation sites (tertiary alicyclic amines) is 1. The van der Waals surface area contributed by atoms with Gasteiger partial charge in [0.05, 0.1) is 34.9 Å². The summed E-state index contributed by atoms with van der Waals surface area (Å²) in [5, 5.41) is 6.97. The number of benzene rings is 1. The van der Waals surface area contributed by atoms with Crippen molar-refractivity contribution in [3.05, 3.63) is 101 Å². The fourth-order valence-corrected chi connectivity index (χ4v) is 4.94. The molecule has 4 aromatic rings. The van der Waals surface area contributed by atoms with Crippen molar-refractivity contribution in [2.75, 3.05) is 18.4 Å². The van der Waals surface area contributed by atoms with E-state index in [2.05, 4.69) is 20.4 Å². The Morgan fingerprint density at radius 2 is 1.68 bits per heavy atom.